The van der Waals surface area contributed by atoms with Crippen LogP contribution in [0.1, 0.15) is 58.9 Å². The Balaban J connectivity index is 0.000000271. The first-order valence-electron chi connectivity index (χ1n) is 17.8. The van der Waals surface area contributed by atoms with Gasteiger partial charge < -0.3 is 14.1 Å². The standard InChI is InChI=1S/C33H22NO.C13H24O2.Ir/c1-21-18-27-25-14-8-9-15-31(25)35-33(27)28(19-21)30-20-26(22-10-4-3-5-11-22)32-24-13-7-6-12-23(24)16-17-29(32)34(30)2;1-5-10(6-2)12(14)9-13(15)11(7-3)8-4;/h3-18,20H,2H2,1H3;9-11,14H,5-8H2,1-4H3;/q-1;;/b;12-9-;. The number of hydrogen-bond donors (Lipinski definition) is 1. The van der Waals surface area contributed by atoms with E-state index in [-0.39, 0.29) is 43.5 Å². The first kappa shape index (κ1) is 37.6. The van der Waals surface area contributed by atoms with Gasteiger partial charge in [0.25, 0.3) is 0 Å². The molecule has 0 bridgehead atoms. The summed E-state index contributed by atoms with van der Waals surface area (Å²) >= 11 is 0. The molecule has 0 saturated heterocycles. The number of furan rings is 1. The molecule has 5 heteroatoms. The van der Waals surface area contributed by atoms with Gasteiger partial charge in [0, 0.05) is 55.8 Å². The number of carbonyl (C=O) groups is 1. The summed E-state index contributed by atoms with van der Waals surface area (Å²) in [4.78, 5) is 11.7. The van der Waals surface area contributed by atoms with Gasteiger partial charge in [0.1, 0.15) is 16.8 Å². The second kappa shape index (κ2) is 16.5. The summed E-state index contributed by atoms with van der Waals surface area (Å²) in [6.07, 6.45) is 4.91. The van der Waals surface area contributed by atoms with Gasteiger partial charge in [-0.15, -0.1) is 17.7 Å². The van der Waals surface area contributed by atoms with Crippen molar-refractivity contribution >= 4 is 49.4 Å². The zero-order valence-electron chi connectivity index (χ0n) is 30.1. The monoisotopic (exact) mass is 853 g/mol. The van der Waals surface area contributed by atoms with Crippen LogP contribution in [0.3, 0.4) is 0 Å². The fraction of sp³-hybridized carbons (Fsp3) is 0.239. The molecule has 51 heavy (non-hydrogen) atoms. The summed E-state index contributed by atoms with van der Waals surface area (Å²) in [5.74, 6) is 0.547. The maximum Gasteiger partial charge on any atom is 0.162 e. The minimum atomic E-state index is 0. The van der Waals surface area contributed by atoms with Crippen molar-refractivity contribution in [2.24, 2.45) is 11.8 Å². The Morgan fingerprint density at radius 3 is 2.12 bits per heavy atom. The summed E-state index contributed by atoms with van der Waals surface area (Å²) in [5, 5.41) is 15.6. The first-order chi connectivity index (χ1) is 24.3. The summed E-state index contributed by atoms with van der Waals surface area (Å²) < 4.78 is 8.44. The minimum absolute atomic E-state index is 0. The third kappa shape index (κ3) is 7.52. The average molecular weight is 853 g/mol. The Morgan fingerprint density at radius 1 is 0.804 bits per heavy atom. The number of aliphatic hydroxyl groups is 1. The minimum Gasteiger partial charge on any atom is -0.512 e. The first-order valence-corrected chi connectivity index (χ1v) is 17.8. The number of allylic oxidation sites excluding steroid dienone is 2. The quantitative estimate of drug-likeness (QED) is 0.0517. The Morgan fingerprint density at radius 2 is 1.43 bits per heavy atom. The molecule has 7 aromatic rings. The van der Waals surface area contributed by atoms with Gasteiger partial charge in [-0.2, -0.15) is 0 Å². The molecule has 5 aromatic carbocycles. The molecule has 0 fully saturated rings. The van der Waals surface area contributed by atoms with E-state index < -0.39 is 0 Å². The molecule has 4 nitrogen and oxygen atoms in total. The maximum atomic E-state index is 11.7. The number of hydrogen-bond acceptors (Lipinski definition) is 3. The molecule has 0 saturated carbocycles. The van der Waals surface area contributed by atoms with E-state index in [1.807, 2.05) is 44.4 Å². The van der Waals surface area contributed by atoms with Crippen molar-refractivity contribution in [3.05, 3.63) is 134 Å². The van der Waals surface area contributed by atoms with Crippen LogP contribution >= 0.6 is 0 Å². The van der Waals surface area contributed by atoms with Crippen molar-refractivity contribution in [3.8, 4) is 22.4 Å². The smallest absolute Gasteiger partial charge is 0.162 e. The summed E-state index contributed by atoms with van der Waals surface area (Å²) in [7, 11) is 4.51. The molecular formula is C46H46IrNO3-. The number of ketones is 1. The number of benzene rings is 5. The van der Waals surface area contributed by atoms with Gasteiger partial charge in [-0.1, -0.05) is 119 Å². The molecule has 2 aromatic heterocycles. The van der Waals surface area contributed by atoms with Crippen LogP contribution in [-0.4, -0.2) is 10.9 Å². The topological polar surface area (TPSA) is 54.3 Å². The van der Waals surface area contributed by atoms with Gasteiger partial charge in [-0.3, -0.25) is 4.79 Å². The van der Waals surface area contributed by atoms with Gasteiger partial charge >= 0.3 is 0 Å². The van der Waals surface area contributed by atoms with E-state index in [1.54, 1.807) is 0 Å². The SMILES string of the molecule is CCC(CC)C(=O)/C=C(\O)C(CC)CC.[CH2-][n+]1c(-c2[c-]c(C)cc3c2oc2ccccc23)cc(-c2ccccc2)c2c3ccccc3ccc21.[Ir]. The van der Waals surface area contributed by atoms with Crippen molar-refractivity contribution in [3.63, 3.8) is 0 Å². The Labute approximate surface area is 315 Å². The van der Waals surface area contributed by atoms with E-state index in [4.69, 9.17) is 4.42 Å². The van der Waals surface area contributed by atoms with Crippen molar-refractivity contribution < 1.29 is 39.0 Å². The van der Waals surface area contributed by atoms with Crippen LogP contribution in [0.15, 0.2) is 119 Å². The predicted molar refractivity (Wildman–Crippen MR) is 208 cm³/mol. The van der Waals surface area contributed by atoms with E-state index in [9.17, 15) is 9.90 Å². The number of aryl methyl sites for hydroxylation is 1. The van der Waals surface area contributed by atoms with Gasteiger partial charge in [0.15, 0.2) is 5.78 Å². The van der Waals surface area contributed by atoms with Gasteiger partial charge in [0.2, 0.25) is 0 Å². The van der Waals surface area contributed by atoms with Crippen molar-refractivity contribution in [2.45, 2.75) is 60.3 Å². The van der Waals surface area contributed by atoms with E-state index in [0.717, 1.165) is 70.0 Å². The number of pyridine rings is 1. The van der Waals surface area contributed by atoms with Crippen LogP contribution in [0.5, 0.6) is 0 Å². The largest absolute Gasteiger partial charge is 0.512 e. The molecule has 0 aliphatic carbocycles. The number of carbonyl (C=O) groups excluding carboxylic acids is 1. The van der Waals surface area contributed by atoms with Crippen molar-refractivity contribution in [1.29, 1.82) is 0 Å². The number of para-hydroxylation sites is 1. The summed E-state index contributed by atoms with van der Waals surface area (Å²) in [6.45, 7) is 10.2. The van der Waals surface area contributed by atoms with Crippen LogP contribution in [0.2, 0.25) is 0 Å². The second-order valence-corrected chi connectivity index (χ2v) is 13.1. The van der Waals surface area contributed by atoms with Gasteiger partial charge in [0.05, 0.1) is 11.3 Å². The molecule has 0 atom stereocenters. The zero-order valence-corrected chi connectivity index (χ0v) is 32.5. The van der Waals surface area contributed by atoms with E-state index in [0.29, 0.717) is 0 Å². The maximum absolute atomic E-state index is 11.7. The molecule has 0 unspecified atom stereocenters. The molecular weight excluding hydrogens is 807 g/mol. The fourth-order valence-electron chi connectivity index (χ4n) is 7.10. The molecule has 0 aliphatic rings. The normalized spacial score (nSPS) is 11.7. The molecule has 2 heterocycles. The predicted octanol–water partition coefficient (Wildman–Crippen LogP) is 12.1. The van der Waals surface area contributed by atoms with E-state index >= 15 is 0 Å². The van der Waals surface area contributed by atoms with E-state index in [2.05, 4.69) is 111 Å². The van der Waals surface area contributed by atoms with Crippen molar-refractivity contribution in [1.82, 2.24) is 0 Å². The number of fused-ring (bicyclic) bond motifs is 6. The number of nitrogens with zero attached hydrogens (tertiary/aromatic N) is 1. The number of rotatable bonds is 9. The molecule has 0 spiro atoms. The average Bonchev–Trinajstić information content (AvgIpc) is 3.51. The molecule has 7 rings (SSSR count). The summed E-state index contributed by atoms with van der Waals surface area (Å²) in [5.41, 5.74) is 8.11. The van der Waals surface area contributed by atoms with Crippen LogP contribution < -0.4 is 4.57 Å². The van der Waals surface area contributed by atoms with Crippen LogP contribution in [-0.2, 0) is 24.9 Å². The van der Waals surface area contributed by atoms with Gasteiger partial charge in [-0.25, -0.2) is 0 Å². The molecule has 263 valence electrons. The number of aliphatic hydroxyl groups excluding tert-OH is 1. The summed E-state index contributed by atoms with van der Waals surface area (Å²) in [6, 6.07) is 39.7. The zero-order chi connectivity index (χ0) is 35.4. The third-order valence-electron chi connectivity index (χ3n) is 10.0. The Bertz CT molecular complexity index is 2330. The molecule has 1 N–H and O–H groups in total. The molecule has 0 aliphatic heterocycles. The van der Waals surface area contributed by atoms with E-state index in [1.165, 1.54) is 33.4 Å². The second-order valence-electron chi connectivity index (χ2n) is 13.1. The fourth-order valence-corrected chi connectivity index (χ4v) is 7.10. The molecule has 0 amide bonds. The Kier molecular flexibility index (Phi) is 12.2. The van der Waals surface area contributed by atoms with Crippen LogP contribution in [0, 0.1) is 31.9 Å². The van der Waals surface area contributed by atoms with Crippen LogP contribution in [0.4, 0.5) is 0 Å². The Hall–Kier alpha value is -4.70. The van der Waals surface area contributed by atoms with Gasteiger partial charge in [-0.05, 0) is 71.3 Å². The van der Waals surface area contributed by atoms with Crippen LogP contribution in [0.25, 0.3) is 66.0 Å². The van der Waals surface area contributed by atoms with Crippen molar-refractivity contribution in [2.75, 3.05) is 0 Å². The number of aromatic nitrogens is 1. The third-order valence-corrected chi connectivity index (χ3v) is 10.0. The molecule has 1 radical (unpaired) electrons.